The van der Waals surface area contributed by atoms with E-state index in [1.165, 1.54) is 10.4 Å². The van der Waals surface area contributed by atoms with Gasteiger partial charge in [0.15, 0.2) is 0 Å². The summed E-state index contributed by atoms with van der Waals surface area (Å²) in [5, 5.41) is 9.42. The third-order valence-electron chi connectivity index (χ3n) is 4.17. The second kappa shape index (κ2) is 8.65. The summed E-state index contributed by atoms with van der Waals surface area (Å²) in [4.78, 5) is -0.615. The normalized spacial score (nSPS) is 11.4. The van der Waals surface area contributed by atoms with Crippen LogP contribution in [0.3, 0.4) is 0 Å². The van der Waals surface area contributed by atoms with E-state index in [9.17, 15) is 18.1 Å². The Labute approximate surface area is 172 Å². The number of hydrogen-bond donors (Lipinski definition) is 0. The predicted octanol–water partition coefficient (Wildman–Crippen LogP) is 4.85. The maximum Gasteiger partial charge on any atom is 0.247 e. The van der Waals surface area contributed by atoms with E-state index >= 15 is 0 Å². The third kappa shape index (κ3) is 4.30. The highest BCUT2D eigenvalue weighted by Gasteiger charge is 2.32. The largest absolute Gasteiger partial charge is 0.247 e. The Morgan fingerprint density at radius 3 is 1.86 bits per heavy atom. The molecule has 4 nitrogen and oxygen atoms in total. The highest BCUT2D eigenvalue weighted by molar-refractivity contribution is 9.10. The SMILES string of the molecule is N#Cc1c(Br)ccc(F)c1S(=O)(=O)N(Cc1ccccc1)Cc1ccccc1. The van der Waals surface area contributed by atoms with Gasteiger partial charge in [-0.1, -0.05) is 60.7 Å². The lowest BCUT2D eigenvalue weighted by Gasteiger charge is -2.23. The number of rotatable bonds is 6. The molecule has 0 aliphatic heterocycles. The van der Waals surface area contributed by atoms with Crippen LogP contribution in [0.15, 0.2) is 82.2 Å². The molecule has 3 rings (SSSR count). The fourth-order valence-electron chi connectivity index (χ4n) is 2.82. The highest BCUT2D eigenvalue weighted by atomic mass is 79.9. The zero-order valence-corrected chi connectivity index (χ0v) is 17.1. The summed E-state index contributed by atoms with van der Waals surface area (Å²) in [5.41, 5.74) is 1.28. The van der Waals surface area contributed by atoms with Gasteiger partial charge in [0.25, 0.3) is 0 Å². The molecular formula is C21H16BrFN2O2S. The van der Waals surface area contributed by atoms with Gasteiger partial charge in [-0.25, -0.2) is 12.8 Å². The first-order valence-electron chi connectivity index (χ1n) is 8.39. The molecule has 0 aliphatic rings. The van der Waals surface area contributed by atoms with Crippen LogP contribution in [0.1, 0.15) is 16.7 Å². The molecule has 0 heterocycles. The average Bonchev–Trinajstić information content (AvgIpc) is 2.70. The Balaban J connectivity index is 2.11. The minimum Gasteiger partial charge on any atom is -0.207 e. The van der Waals surface area contributed by atoms with Crippen LogP contribution in [0, 0.1) is 17.1 Å². The van der Waals surface area contributed by atoms with E-state index in [4.69, 9.17) is 0 Å². The Morgan fingerprint density at radius 2 is 1.39 bits per heavy atom. The Morgan fingerprint density at radius 1 is 0.893 bits per heavy atom. The van der Waals surface area contributed by atoms with Gasteiger partial charge in [0.05, 0.1) is 5.56 Å². The van der Waals surface area contributed by atoms with E-state index in [0.29, 0.717) is 0 Å². The van der Waals surface area contributed by atoms with Gasteiger partial charge in [-0.3, -0.25) is 0 Å². The van der Waals surface area contributed by atoms with Crippen molar-refractivity contribution in [2.45, 2.75) is 18.0 Å². The van der Waals surface area contributed by atoms with Gasteiger partial charge in [0.2, 0.25) is 10.0 Å². The van der Waals surface area contributed by atoms with Gasteiger partial charge >= 0.3 is 0 Å². The topological polar surface area (TPSA) is 61.2 Å². The van der Waals surface area contributed by atoms with Crippen molar-refractivity contribution in [1.82, 2.24) is 4.31 Å². The molecule has 3 aromatic rings. The first-order valence-corrected chi connectivity index (χ1v) is 10.6. The van der Waals surface area contributed by atoms with Crippen LogP contribution in [0.4, 0.5) is 4.39 Å². The van der Waals surface area contributed by atoms with Crippen LogP contribution in [0.25, 0.3) is 0 Å². The summed E-state index contributed by atoms with van der Waals surface area (Å²) in [6.07, 6.45) is 0. The standard InChI is InChI=1S/C21H16BrFN2O2S/c22-19-11-12-20(23)21(18(19)13-24)28(26,27)25(14-16-7-3-1-4-8-16)15-17-9-5-2-6-10-17/h1-12H,14-15H2. The number of nitriles is 1. The average molecular weight is 459 g/mol. The number of nitrogens with zero attached hydrogens (tertiary/aromatic N) is 2. The summed E-state index contributed by atoms with van der Waals surface area (Å²) in [6.45, 7) is 0.101. The number of halogens is 2. The Kier molecular flexibility index (Phi) is 6.25. The molecule has 0 N–H and O–H groups in total. The summed E-state index contributed by atoms with van der Waals surface area (Å²) in [6, 6.07) is 22.3. The predicted molar refractivity (Wildman–Crippen MR) is 108 cm³/mol. The van der Waals surface area contributed by atoms with Crippen LogP contribution >= 0.6 is 15.9 Å². The summed E-state index contributed by atoms with van der Waals surface area (Å²) in [7, 11) is -4.29. The maximum absolute atomic E-state index is 14.6. The molecule has 0 aliphatic carbocycles. The second-order valence-electron chi connectivity index (χ2n) is 6.09. The smallest absolute Gasteiger partial charge is 0.207 e. The Bertz CT molecular complexity index is 1070. The lowest BCUT2D eigenvalue weighted by molar-refractivity contribution is 0.397. The molecule has 0 bridgehead atoms. The molecule has 142 valence electrons. The van der Waals surface area contributed by atoms with E-state index < -0.39 is 20.7 Å². The minimum atomic E-state index is -4.29. The van der Waals surface area contributed by atoms with Crippen molar-refractivity contribution >= 4 is 26.0 Å². The van der Waals surface area contributed by atoms with Gasteiger partial charge in [-0.15, -0.1) is 0 Å². The van der Waals surface area contributed by atoms with Crippen LogP contribution < -0.4 is 0 Å². The molecule has 0 fully saturated rings. The summed E-state index contributed by atoms with van der Waals surface area (Å²) >= 11 is 3.14. The molecule has 3 aromatic carbocycles. The molecule has 0 unspecified atom stereocenters. The van der Waals surface area contributed by atoms with Gasteiger partial charge in [0, 0.05) is 17.6 Å². The van der Waals surface area contributed by atoms with Crippen molar-refractivity contribution in [2.75, 3.05) is 0 Å². The van der Waals surface area contributed by atoms with Crippen molar-refractivity contribution in [3.8, 4) is 6.07 Å². The molecule has 0 saturated carbocycles. The quantitative estimate of drug-likeness (QED) is 0.530. The molecule has 0 atom stereocenters. The summed E-state index contributed by atoms with van der Waals surface area (Å²) in [5.74, 6) is -0.953. The molecule has 0 spiro atoms. The fraction of sp³-hybridized carbons (Fsp3) is 0.0952. The van der Waals surface area contributed by atoms with Crippen molar-refractivity contribution < 1.29 is 12.8 Å². The van der Waals surface area contributed by atoms with Crippen LogP contribution in [0.5, 0.6) is 0 Å². The number of hydrogen-bond acceptors (Lipinski definition) is 3. The van der Waals surface area contributed by atoms with Crippen molar-refractivity contribution in [2.24, 2.45) is 0 Å². The molecular weight excluding hydrogens is 443 g/mol. The first-order chi connectivity index (χ1) is 13.4. The highest BCUT2D eigenvalue weighted by Crippen LogP contribution is 2.30. The van der Waals surface area contributed by atoms with Crippen LogP contribution in [-0.2, 0) is 23.1 Å². The molecule has 0 amide bonds. The van der Waals surface area contributed by atoms with Crippen molar-refractivity contribution in [3.05, 3.63) is 99.8 Å². The lowest BCUT2D eigenvalue weighted by Crippen LogP contribution is -2.31. The second-order valence-corrected chi connectivity index (χ2v) is 8.82. The van der Waals surface area contributed by atoms with E-state index in [1.54, 1.807) is 30.3 Å². The van der Waals surface area contributed by atoms with Gasteiger partial charge in [-0.05, 0) is 39.2 Å². The van der Waals surface area contributed by atoms with Gasteiger partial charge in [0.1, 0.15) is 16.8 Å². The molecule has 0 aromatic heterocycles. The van der Waals surface area contributed by atoms with E-state index in [1.807, 2.05) is 36.4 Å². The van der Waals surface area contributed by atoms with Crippen molar-refractivity contribution in [1.29, 1.82) is 5.26 Å². The zero-order valence-electron chi connectivity index (χ0n) is 14.7. The van der Waals surface area contributed by atoms with Crippen LogP contribution in [-0.4, -0.2) is 12.7 Å². The molecule has 0 radical (unpaired) electrons. The van der Waals surface area contributed by atoms with E-state index in [2.05, 4.69) is 15.9 Å². The van der Waals surface area contributed by atoms with Gasteiger partial charge < -0.3 is 0 Å². The number of benzene rings is 3. The maximum atomic E-state index is 14.6. The van der Waals surface area contributed by atoms with E-state index in [0.717, 1.165) is 17.2 Å². The fourth-order valence-corrected chi connectivity index (χ4v) is 4.99. The minimum absolute atomic E-state index is 0.0505. The molecule has 7 heteroatoms. The third-order valence-corrected chi connectivity index (χ3v) is 6.69. The summed E-state index contributed by atoms with van der Waals surface area (Å²) < 4.78 is 42.8. The number of sulfonamides is 1. The van der Waals surface area contributed by atoms with Gasteiger partial charge in [-0.2, -0.15) is 9.57 Å². The lowest BCUT2D eigenvalue weighted by atomic mass is 10.2. The molecule has 28 heavy (non-hydrogen) atoms. The molecule has 0 saturated heterocycles. The monoisotopic (exact) mass is 458 g/mol. The zero-order chi connectivity index (χ0) is 20.1. The van der Waals surface area contributed by atoms with Crippen molar-refractivity contribution in [3.63, 3.8) is 0 Å². The van der Waals surface area contributed by atoms with Crippen LogP contribution in [0.2, 0.25) is 0 Å². The van der Waals surface area contributed by atoms with E-state index in [-0.39, 0.29) is 23.1 Å². The Hall–Kier alpha value is -2.53. The first kappa shape index (κ1) is 20.2.